The maximum atomic E-state index is 13.5. The zero-order valence-electron chi connectivity index (χ0n) is 13.8. The maximum Gasteiger partial charge on any atom is 0.254 e. The van der Waals surface area contributed by atoms with Crippen LogP contribution in [0, 0.1) is 23.5 Å². The van der Waals surface area contributed by atoms with Crippen LogP contribution in [0.15, 0.2) is 22.8 Å². The van der Waals surface area contributed by atoms with Gasteiger partial charge in [0, 0.05) is 10.9 Å². The van der Waals surface area contributed by atoms with Gasteiger partial charge in [-0.2, -0.15) is 22.5 Å². The van der Waals surface area contributed by atoms with Crippen LogP contribution < -0.4 is 10.9 Å². The van der Waals surface area contributed by atoms with Gasteiger partial charge in [0.25, 0.3) is 11.9 Å². The molecule has 0 fully saturated rings. The van der Waals surface area contributed by atoms with E-state index < -0.39 is 35.1 Å². The number of hydrogen-bond donors (Lipinski definition) is 2. The largest absolute Gasteiger partial charge is 0.464 e. The van der Waals surface area contributed by atoms with Gasteiger partial charge in [-0.15, -0.1) is 0 Å². The van der Waals surface area contributed by atoms with Crippen molar-refractivity contribution in [2.75, 3.05) is 5.43 Å². The van der Waals surface area contributed by atoms with Crippen molar-refractivity contribution < 1.29 is 26.8 Å². The lowest BCUT2D eigenvalue weighted by atomic mass is 10.0. The van der Waals surface area contributed by atoms with E-state index in [9.17, 15) is 22.4 Å². The number of fused-ring (bicyclic) bond motifs is 2. The third-order valence-corrected chi connectivity index (χ3v) is 4.54. The minimum atomic E-state index is -1.82. The van der Waals surface area contributed by atoms with E-state index in [1.807, 2.05) is 23.0 Å². The first-order chi connectivity index (χ1) is 12.9. The highest BCUT2D eigenvalue weighted by molar-refractivity contribution is 5.89. The van der Waals surface area contributed by atoms with E-state index in [0.29, 0.717) is 11.1 Å². The summed E-state index contributed by atoms with van der Waals surface area (Å²) in [6, 6.07) is 3.93. The Morgan fingerprint density at radius 3 is 2.44 bits per heavy atom. The van der Waals surface area contributed by atoms with Gasteiger partial charge in [0.1, 0.15) is 11.3 Å². The fourth-order valence-corrected chi connectivity index (χ4v) is 3.23. The average Bonchev–Trinajstić information content (AvgIpc) is 3.25. The molecule has 3 aromatic rings. The fraction of sp³-hybridized carbons (Fsp3) is 0.222. The summed E-state index contributed by atoms with van der Waals surface area (Å²) in [5.41, 5.74) is 6.39. The maximum absolute atomic E-state index is 13.5. The molecule has 2 aromatic heterocycles. The molecular formula is C18H13F4N3O2. The molecule has 0 saturated carbocycles. The molecule has 0 saturated heterocycles. The van der Waals surface area contributed by atoms with Crippen LogP contribution in [0.5, 0.6) is 0 Å². The van der Waals surface area contributed by atoms with E-state index in [4.69, 9.17) is 4.42 Å². The number of hydrogen-bond acceptors (Lipinski definition) is 4. The minimum absolute atomic E-state index is 0.155. The number of aryl methyl sites for hydroxylation is 2. The molecule has 140 valence electrons. The lowest BCUT2D eigenvalue weighted by molar-refractivity contribution is -0.119. The number of nitrogens with zero attached hydrogens (tertiary/aromatic N) is 1. The van der Waals surface area contributed by atoms with Crippen molar-refractivity contribution in [2.24, 2.45) is 0 Å². The zero-order valence-corrected chi connectivity index (χ0v) is 13.8. The van der Waals surface area contributed by atoms with Gasteiger partial charge in [-0.3, -0.25) is 15.6 Å². The zero-order chi connectivity index (χ0) is 19.1. The second-order valence-corrected chi connectivity index (χ2v) is 6.28. The Labute approximate surface area is 150 Å². The number of hydrazine groups is 1. The molecule has 0 unspecified atom stereocenters. The summed E-state index contributed by atoms with van der Waals surface area (Å²) in [6.07, 6.45) is 4.30. The molecule has 9 heteroatoms. The van der Waals surface area contributed by atoms with Gasteiger partial charge in [0.2, 0.25) is 17.5 Å². The number of furan rings is 1. The van der Waals surface area contributed by atoms with Crippen LogP contribution in [0.25, 0.3) is 11.0 Å². The van der Waals surface area contributed by atoms with Crippen molar-refractivity contribution in [2.45, 2.75) is 25.7 Å². The summed E-state index contributed by atoms with van der Waals surface area (Å²) in [6.45, 7) is 0. The molecule has 1 aromatic carbocycles. The molecule has 2 heterocycles. The van der Waals surface area contributed by atoms with Crippen molar-refractivity contribution in [1.82, 2.24) is 10.4 Å². The Hall–Kier alpha value is -3.10. The van der Waals surface area contributed by atoms with E-state index in [2.05, 4.69) is 4.98 Å². The number of amides is 1. The number of pyridine rings is 1. The predicted octanol–water partition coefficient (Wildman–Crippen LogP) is 3.56. The second kappa shape index (κ2) is 6.57. The molecule has 0 radical (unpaired) electrons. The van der Waals surface area contributed by atoms with Crippen LogP contribution in [0.3, 0.4) is 0 Å². The molecule has 2 N–H and O–H groups in total. The summed E-state index contributed by atoms with van der Waals surface area (Å²) < 4.78 is 58.7. The first kappa shape index (κ1) is 17.3. The smallest absolute Gasteiger partial charge is 0.254 e. The van der Waals surface area contributed by atoms with Gasteiger partial charge in [-0.25, -0.2) is 0 Å². The van der Waals surface area contributed by atoms with Crippen molar-refractivity contribution in [3.63, 3.8) is 0 Å². The highest BCUT2D eigenvalue weighted by atomic mass is 19.2. The van der Waals surface area contributed by atoms with Gasteiger partial charge in [-0.05, 0) is 42.5 Å². The van der Waals surface area contributed by atoms with E-state index in [-0.39, 0.29) is 6.42 Å². The third-order valence-electron chi connectivity index (χ3n) is 4.54. The number of rotatable bonds is 4. The number of carbonyl (C=O) groups is 1. The third kappa shape index (κ3) is 3.09. The number of aromatic nitrogens is 1. The Bertz CT molecular complexity index is 1040. The Morgan fingerprint density at radius 1 is 1.07 bits per heavy atom. The van der Waals surface area contributed by atoms with E-state index >= 15 is 0 Å². The Balaban J connectivity index is 1.50. The highest BCUT2D eigenvalue weighted by Crippen LogP contribution is 2.30. The van der Waals surface area contributed by atoms with Gasteiger partial charge in [-0.1, -0.05) is 0 Å². The molecule has 0 spiro atoms. The van der Waals surface area contributed by atoms with Crippen LogP contribution in [-0.2, 0) is 24.1 Å². The van der Waals surface area contributed by atoms with Crippen LogP contribution in [0.4, 0.5) is 23.2 Å². The Morgan fingerprint density at radius 2 is 1.74 bits per heavy atom. The average molecular weight is 379 g/mol. The van der Waals surface area contributed by atoms with Gasteiger partial charge in [0.05, 0.1) is 12.7 Å². The molecule has 1 aliphatic carbocycles. The topological polar surface area (TPSA) is 67.2 Å². The van der Waals surface area contributed by atoms with Crippen molar-refractivity contribution in [3.05, 3.63) is 58.6 Å². The molecule has 5 nitrogen and oxygen atoms in total. The molecular weight excluding hydrogens is 366 g/mol. The molecule has 27 heavy (non-hydrogen) atoms. The van der Waals surface area contributed by atoms with Crippen molar-refractivity contribution in [1.29, 1.82) is 0 Å². The summed E-state index contributed by atoms with van der Waals surface area (Å²) in [4.78, 5) is 14.5. The predicted molar refractivity (Wildman–Crippen MR) is 87.8 cm³/mol. The standard InChI is InChI=1S/C18H13F4N3O2/c19-14-16(15(20)18(22)23-17(14)21)25-24-13(26)6-10-7-27-12-5-9-3-1-2-8(9)4-11(10)12/h4-5,7H,1-3,6H2,(H,23,25)(H,24,26). The summed E-state index contributed by atoms with van der Waals surface area (Å²) in [5, 5.41) is 0.782. The monoisotopic (exact) mass is 379 g/mol. The van der Waals surface area contributed by atoms with Crippen LogP contribution >= 0.6 is 0 Å². The first-order valence-electron chi connectivity index (χ1n) is 8.20. The summed E-state index contributed by atoms with van der Waals surface area (Å²) >= 11 is 0. The number of carbonyl (C=O) groups excluding carboxylic acids is 1. The van der Waals surface area contributed by atoms with Crippen LogP contribution in [0.1, 0.15) is 23.1 Å². The normalized spacial score (nSPS) is 13.0. The molecule has 0 bridgehead atoms. The fourth-order valence-electron chi connectivity index (χ4n) is 3.23. The number of benzene rings is 1. The first-order valence-corrected chi connectivity index (χ1v) is 8.20. The quantitative estimate of drug-likeness (QED) is 0.413. The summed E-state index contributed by atoms with van der Waals surface area (Å²) in [5.74, 6) is -7.78. The molecule has 4 rings (SSSR count). The lowest BCUT2D eigenvalue weighted by Gasteiger charge is -2.10. The minimum Gasteiger partial charge on any atom is -0.464 e. The second-order valence-electron chi connectivity index (χ2n) is 6.28. The lowest BCUT2D eigenvalue weighted by Crippen LogP contribution is -2.32. The van der Waals surface area contributed by atoms with Crippen molar-refractivity contribution >= 4 is 22.6 Å². The number of halogens is 4. The summed E-state index contributed by atoms with van der Waals surface area (Å²) in [7, 11) is 0. The van der Waals surface area contributed by atoms with Crippen molar-refractivity contribution in [3.8, 4) is 0 Å². The van der Waals surface area contributed by atoms with E-state index in [1.54, 1.807) is 0 Å². The molecule has 1 amide bonds. The SMILES string of the molecule is O=C(Cc1coc2cc3c(cc12)CCC3)NNc1c(F)c(F)nc(F)c1F. The molecule has 1 aliphatic rings. The van der Waals surface area contributed by atoms with Gasteiger partial charge >= 0.3 is 0 Å². The van der Waals surface area contributed by atoms with E-state index in [1.165, 1.54) is 17.4 Å². The van der Waals surface area contributed by atoms with E-state index in [0.717, 1.165) is 24.6 Å². The van der Waals surface area contributed by atoms with Gasteiger partial charge in [0.15, 0.2) is 0 Å². The Kier molecular flexibility index (Phi) is 4.21. The number of nitrogens with one attached hydrogen (secondary N) is 2. The van der Waals surface area contributed by atoms with Crippen LogP contribution in [-0.4, -0.2) is 10.9 Å². The van der Waals surface area contributed by atoms with Crippen LogP contribution in [0.2, 0.25) is 0 Å². The highest BCUT2D eigenvalue weighted by Gasteiger charge is 2.22. The molecule has 0 atom stereocenters. The van der Waals surface area contributed by atoms with Gasteiger partial charge < -0.3 is 4.42 Å². The number of anilines is 1. The molecule has 0 aliphatic heterocycles.